The topological polar surface area (TPSA) is 106 Å². The minimum atomic E-state index is -3.90. The van der Waals surface area contributed by atoms with E-state index in [1.165, 1.54) is 20.3 Å². The Bertz CT molecular complexity index is 1230. The highest BCUT2D eigenvalue weighted by atomic mass is 35.5. The zero-order valence-electron chi connectivity index (χ0n) is 17.6. The van der Waals surface area contributed by atoms with E-state index in [4.69, 9.17) is 21.1 Å². The van der Waals surface area contributed by atoms with Crippen LogP contribution in [0.15, 0.2) is 65.6 Å². The number of carbonyl (C=O) groups excluding carboxylic acids is 1. The second-order valence-corrected chi connectivity index (χ2v) is 8.83. The van der Waals surface area contributed by atoms with E-state index in [1.807, 2.05) is 0 Å². The van der Waals surface area contributed by atoms with E-state index in [2.05, 4.69) is 15.4 Å². The molecule has 0 heterocycles. The number of sulfonamides is 1. The van der Waals surface area contributed by atoms with Crippen LogP contribution in [0.5, 0.6) is 11.5 Å². The Hall–Kier alpha value is -3.43. The summed E-state index contributed by atoms with van der Waals surface area (Å²) >= 11 is 5.85. The number of amides is 2. The normalized spacial score (nSPS) is 10.9. The van der Waals surface area contributed by atoms with Crippen LogP contribution in [0.1, 0.15) is 5.56 Å². The summed E-state index contributed by atoms with van der Waals surface area (Å²) in [5, 5.41) is 5.80. The highest BCUT2D eigenvalue weighted by Crippen LogP contribution is 2.29. The molecule has 0 saturated heterocycles. The van der Waals surface area contributed by atoms with Gasteiger partial charge in [-0.2, -0.15) is 0 Å². The van der Waals surface area contributed by atoms with Crippen LogP contribution in [0.25, 0.3) is 0 Å². The van der Waals surface area contributed by atoms with Crippen molar-refractivity contribution in [3.05, 3.63) is 71.2 Å². The predicted molar refractivity (Wildman–Crippen MR) is 126 cm³/mol. The molecule has 3 aromatic rings. The maximum atomic E-state index is 12.9. The molecular weight excluding hydrogens is 454 g/mol. The minimum absolute atomic E-state index is 0.0317. The first-order valence-corrected chi connectivity index (χ1v) is 11.3. The molecule has 168 valence electrons. The smallest absolute Gasteiger partial charge is 0.323 e. The van der Waals surface area contributed by atoms with Gasteiger partial charge < -0.3 is 20.1 Å². The summed E-state index contributed by atoms with van der Waals surface area (Å²) in [5.74, 6) is 0.985. The quantitative estimate of drug-likeness (QED) is 0.440. The van der Waals surface area contributed by atoms with Gasteiger partial charge in [0.2, 0.25) is 0 Å². The standard InChI is InChI=1S/C22H22ClN3O5S/c1-14-4-7-17(12-21(14)32(28,29)26-16-8-5-15(23)6-9-16)24-22(27)25-19-13-18(30-2)10-11-20(19)31-3/h4-13,26H,1-3H3,(H2,24,25,27). The lowest BCUT2D eigenvalue weighted by Gasteiger charge is -2.14. The van der Waals surface area contributed by atoms with Crippen LogP contribution < -0.4 is 24.8 Å². The van der Waals surface area contributed by atoms with E-state index in [9.17, 15) is 13.2 Å². The van der Waals surface area contributed by atoms with Gasteiger partial charge in [0.15, 0.2) is 0 Å². The fourth-order valence-corrected chi connectivity index (χ4v) is 4.35. The van der Waals surface area contributed by atoms with E-state index in [0.29, 0.717) is 39.1 Å². The van der Waals surface area contributed by atoms with Crippen LogP contribution in [0.4, 0.5) is 21.9 Å². The van der Waals surface area contributed by atoms with Crippen LogP contribution >= 0.6 is 11.6 Å². The number of benzene rings is 3. The third-order valence-electron chi connectivity index (χ3n) is 4.49. The maximum Gasteiger partial charge on any atom is 0.323 e. The summed E-state index contributed by atoms with van der Waals surface area (Å²) in [7, 11) is -0.901. The van der Waals surface area contributed by atoms with Crippen molar-refractivity contribution in [3.8, 4) is 11.5 Å². The molecule has 0 saturated carbocycles. The van der Waals surface area contributed by atoms with Gasteiger partial charge in [0.1, 0.15) is 11.5 Å². The van der Waals surface area contributed by atoms with Crippen LogP contribution in [0.2, 0.25) is 5.02 Å². The minimum Gasteiger partial charge on any atom is -0.497 e. The van der Waals surface area contributed by atoms with E-state index < -0.39 is 16.1 Å². The van der Waals surface area contributed by atoms with Crippen molar-refractivity contribution < 1.29 is 22.7 Å². The van der Waals surface area contributed by atoms with E-state index >= 15 is 0 Å². The van der Waals surface area contributed by atoms with Gasteiger partial charge in [0.05, 0.1) is 24.8 Å². The van der Waals surface area contributed by atoms with Crippen LogP contribution in [0.3, 0.4) is 0 Å². The summed E-state index contributed by atoms with van der Waals surface area (Å²) in [6.45, 7) is 1.67. The molecule has 0 atom stereocenters. The Morgan fingerprint density at radius 3 is 2.22 bits per heavy atom. The van der Waals surface area contributed by atoms with Gasteiger partial charge in [-0.05, 0) is 61.0 Å². The molecule has 0 aliphatic rings. The van der Waals surface area contributed by atoms with Crippen molar-refractivity contribution in [2.24, 2.45) is 0 Å². The molecule has 3 aromatic carbocycles. The number of hydrogen-bond donors (Lipinski definition) is 3. The lowest BCUT2D eigenvalue weighted by Crippen LogP contribution is -2.20. The Morgan fingerprint density at radius 1 is 0.875 bits per heavy atom. The molecule has 0 unspecified atom stereocenters. The summed E-state index contributed by atoms with van der Waals surface area (Å²) in [4.78, 5) is 12.6. The molecule has 10 heteroatoms. The maximum absolute atomic E-state index is 12.9. The number of halogens is 1. The van der Waals surface area contributed by atoms with Crippen LogP contribution in [-0.2, 0) is 10.0 Å². The van der Waals surface area contributed by atoms with Gasteiger partial charge in [-0.3, -0.25) is 4.72 Å². The molecule has 0 aliphatic heterocycles. The van der Waals surface area contributed by atoms with Crippen molar-refractivity contribution in [1.82, 2.24) is 0 Å². The van der Waals surface area contributed by atoms with Crippen LogP contribution in [-0.4, -0.2) is 28.7 Å². The molecule has 0 spiro atoms. The third kappa shape index (κ3) is 5.63. The SMILES string of the molecule is COc1ccc(OC)c(NC(=O)Nc2ccc(C)c(S(=O)(=O)Nc3ccc(Cl)cc3)c2)c1. The summed E-state index contributed by atoms with van der Waals surface area (Å²) in [6, 6.07) is 15.3. The molecule has 0 aromatic heterocycles. The van der Waals surface area contributed by atoms with Gasteiger partial charge in [-0.15, -0.1) is 0 Å². The second kappa shape index (κ2) is 9.80. The highest BCUT2D eigenvalue weighted by Gasteiger charge is 2.18. The van der Waals surface area contributed by atoms with Crippen LogP contribution in [0, 0.1) is 6.92 Å². The molecule has 2 amide bonds. The lowest BCUT2D eigenvalue weighted by atomic mass is 10.2. The Morgan fingerprint density at radius 2 is 1.56 bits per heavy atom. The van der Waals surface area contributed by atoms with Crippen molar-refractivity contribution in [2.75, 3.05) is 29.6 Å². The summed E-state index contributed by atoms with van der Waals surface area (Å²) in [5.41, 5.74) is 1.59. The third-order valence-corrected chi connectivity index (χ3v) is 6.26. The number of hydrogen-bond acceptors (Lipinski definition) is 5. The largest absolute Gasteiger partial charge is 0.497 e. The molecule has 32 heavy (non-hydrogen) atoms. The van der Waals surface area contributed by atoms with Crippen molar-refractivity contribution >= 4 is 44.7 Å². The molecule has 3 N–H and O–H groups in total. The number of ether oxygens (including phenoxy) is 2. The first-order valence-electron chi connectivity index (χ1n) is 9.41. The molecular formula is C22H22ClN3O5S. The van der Waals surface area contributed by atoms with E-state index in [-0.39, 0.29) is 4.90 Å². The van der Waals surface area contributed by atoms with E-state index in [0.717, 1.165) is 0 Å². The number of anilines is 3. The number of rotatable bonds is 7. The summed E-state index contributed by atoms with van der Waals surface area (Å²) in [6.07, 6.45) is 0. The molecule has 0 aliphatic carbocycles. The fraction of sp³-hybridized carbons (Fsp3) is 0.136. The molecule has 0 fully saturated rings. The predicted octanol–water partition coefficient (Wildman–Crippen LogP) is 5.11. The number of nitrogens with one attached hydrogen (secondary N) is 3. The van der Waals surface area contributed by atoms with Gasteiger partial charge in [0, 0.05) is 22.5 Å². The monoisotopic (exact) mass is 475 g/mol. The van der Waals surface area contributed by atoms with Gasteiger partial charge in [-0.25, -0.2) is 13.2 Å². The Kier molecular flexibility index (Phi) is 7.12. The van der Waals surface area contributed by atoms with Gasteiger partial charge >= 0.3 is 6.03 Å². The van der Waals surface area contributed by atoms with Gasteiger partial charge in [-0.1, -0.05) is 17.7 Å². The summed E-state index contributed by atoms with van der Waals surface area (Å²) < 4.78 is 38.7. The number of aryl methyl sites for hydroxylation is 1. The Labute approximate surface area is 191 Å². The zero-order valence-corrected chi connectivity index (χ0v) is 19.2. The van der Waals surface area contributed by atoms with Crippen molar-refractivity contribution in [3.63, 3.8) is 0 Å². The number of methoxy groups -OCH3 is 2. The Balaban J connectivity index is 1.79. The van der Waals surface area contributed by atoms with Gasteiger partial charge in [0.25, 0.3) is 10.0 Å². The zero-order chi connectivity index (χ0) is 23.3. The molecule has 0 bridgehead atoms. The fourth-order valence-electron chi connectivity index (χ4n) is 2.89. The lowest BCUT2D eigenvalue weighted by molar-refractivity contribution is 0.262. The number of urea groups is 1. The molecule has 0 radical (unpaired) electrons. The average molecular weight is 476 g/mol. The first-order chi connectivity index (χ1) is 15.2. The van der Waals surface area contributed by atoms with E-state index in [1.54, 1.807) is 61.5 Å². The first kappa shape index (κ1) is 23.2. The van der Waals surface area contributed by atoms with Crippen molar-refractivity contribution in [1.29, 1.82) is 0 Å². The number of carbonyl (C=O) groups is 1. The second-order valence-electron chi connectivity index (χ2n) is 6.74. The highest BCUT2D eigenvalue weighted by molar-refractivity contribution is 7.92. The molecule has 8 nitrogen and oxygen atoms in total. The average Bonchev–Trinajstić information content (AvgIpc) is 2.76. The van der Waals surface area contributed by atoms with Crippen molar-refractivity contribution in [2.45, 2.75) is 11.8 Å². The molecule has 3 rings (SSSR count).